The number of rotatable bonds is 3. The number of amides is 1. The smallest absolute Gasteiger partial charge is 0.283 e. The summed E-state index contributed by atoms with van der Waals surface area (Å²) >= 11 is 0. The van der Waals surface area contributed by atoms with Crippen LogP contribution in [-0.2, 0) is 10.3 Å². The lowest BCUT2D eigenvalue weighted by Gasteiger charge is -2.29. The van der Waals surface area contributed by atoms with Crippen LogP contribution in [-0.4, -0.2) is 23.5 Å². The monoisotopic (exact) mass is 363 g/mol. The molecule has 134 valence electrons. The third kappa shape index (κ3) is 3.55. The van der Waals surface area contributed by atoms with Crippen molar-refractivity contribution in [3.8, 4) is 18.4 Å². The lowest BCUT2D eigenvalue weighted by atomic mass is 9.87. The summed E-state index contributed by atoms with van der Waals surface area (Å²) in [5.41, 5.74) is 5.17. The average Bonchev–Trinajstić information content (AvgIpc) is 2.69. The summed E-state index contributed by atoms with van der Waals surface area (Å²) in [6.45, 7) is 0.199. The van der Waals surface area contributed by atoms with Crippen molar-refractivity contribution in [3.63, 3.8) is 0 Å². The second-order valence-corrected chi connectivity index (χ2v) is 5.75. The van der Waals surface area contributed by atoms with E-state index in [0.29, 0.717) is 11.3 Å². The summed E-state index contributed by atoms with van der Waals surface area (Å²) in [5, 5.41) is 11.4. The van der Waals surface area contributed by atoms with E-state index < -0.39 is 17.3 Å². The number of nitrogens with two attached hydrogens (primary N) is 1. The molecule has 27 heavy (non-hydrogen) atoms. The number of nitrogens with zero attached hydrogens (tertiary/aromatic N) is 3. The molecule has 3 rings (SSSR count). The minimum absolute atomic E-state index is 0.111. The van der Waals surface area contributed by atoms with Gasteiger partial charge in [-0.15, -0.1) is 6.42 Å². The van der Waals surface area contributed by atoms with Crippen molar-refractivity contribution < 1.29 is 13.9 Å². The number of halogens is 1. The average molecular weight is 363 g/mol. The van der Waals surface area contributed by atoms with Crippen LogP contribution >= 0.6 is 0 Å². The molecule has 1 aliphatic heterocycles. The van der Waals surface area contributed by atoms with E-state index in [2.05, 4.69) is 21.2 Å². The third-order valence-electron chi connectivity index (χ3n) is 4.05. The Morgan fingerprint density at radius 2 is 2.22 bits per heavy atom. The van der Waals surface area contributed by atoms with Crippen molar-refractivity contribution in [2.45, 2.75) is 12.0 Å². The number of nitrogens with one attached hydrogen (secondary N) is 1. The van der Waals surface area contributed by atoms with Crippen LogP contribution in [0.25, 0.3) is 0 Å². The van der Waals surface area contributed by atoms with Crippen molar-refractivity contribution in [3.05, 3.63) is 59.2 Å². The number of ether oxygens (including phenoxy) is 1. The third-order valence-corrected chi connectivity index (χ3v) is 4.05. The van der Waals surface area contributed by atoms with E-state index in [1.165, 1.54) is 36.5 Å². The quantitative estimate of drug-likeness (QED) is 0.809. The molecule has 1 aliphatic rings. The number of benzene rings is 1. The zero-order chi connectivity index (χ0) is 19.4. The van der Waals surface area contributed by atoms with Gasteiger partial charge in [0.15, 0.2) is 5.54 Å². The molecule has 1 atom stereocenters. The second kappa shape index (κ2) is 7.14. The Kier molecular flexibility index (Phi) is 4.73. The van der Waals surface area contributed by atoms with Gasteiger partial charge in [0.25, 0.3) is 11.9 Å². The second-order valence-electron chi connectivity index (χ2n) is 5.75. The fourth-order valence-corrected chi connectivity index (χ4v) is 2.67. The Morgan fingerprint density at radius 3 is 2.85 bits per heavy atom. The van der Waals surface area contributed by atoms with Gasteiger partial charge in [-0.2, -0.15) is 5.26 Å². The fourth-order valence-electron chi connectivity index (χ4n) is 2.67. The van der Waals surface area contributed by atoms with Crippen LogP contribution in [0.2, 0.25) is 0 Å². The molecule has 8 heteroatoms. The Morgan fingerprint density at radius 1 is 1.41 bits per heavy atom. The standard InChI is InChI=1S/C19H14FN5O2/c1-2-19(7-8-27-18(22)25-19)14-9-13(4-5-15(14)20)24-17(26)16-6-3-12(10-21)11-23-16/h1,3-6,9,11H,7-8H2,(H2,22,25)(H,24,26)/t19-/m0/s1. The van der Waals surface area contributed by atoms with E-state index in [9.17, 15) is 9.18 Å². The highest BCUT2D eigenvalue weighted by Gasteiger charge is 2.36. The van der Waals surface area contributed by atoms with Crippen LogP contribution in [0.4, 0.5) is 10.1 Å². The molecule has 0 fully saturated rings. The predicted molar refractivity (Wildman–Crippen MR) is 96.0 cm³/mol. The number of terminal acetylenes is 1. The number of anilines is 1. The normalized spacial score (nSPS) is 18.4. The van der Waals surface area contributed by atoms with Gasteiger partial charge in [0.05, 0.1) is 12.2 Å². The van der Waals surface area contributed by atoms with Crippen LogP contribution < -0.4 is 11.1 Å². The number of nitriles is 1. The van der Waals surface area contributed by atoms with Crippen LogP contribution in [0.15, 0.2) is 41.5 Å². The first kappa shape index (κ1) is 17.9. The highest BCUT2D eigenvalue weighted by molar-refractivity contribution is 6.02. The largest absolute Gasteiger partial charge is 0.465 e. The molecule has 0 bridgehead atoms. The molecular formula is C19H14FN5O2. The van der Waals surface area contributed by atoms with E-state index in [4.69, 9.17) is 22.2 Å². The van der Waals surface area contributed by atoms with Gasteiger partial charge in [-0.1, -0.05) is 5.92 Å². The minimum Gasteiger partial charge on any atom is -0.465 e. The SMILES string of the molecule is C#C[C@@]1(c2cc(NC(=O)c3ccc(C#N)cn3)ccc2F)CCOC(N)=N1. The van der Waals surface area contributed by atoms with Crippen molar-refractivity contribution in [2.75, 3.05) is 11.9 Å². The summed E-state index contributed by atoms with van der Waals surface area (Å²) in [7, 11) is 0. The number of aliphatic imine (C=N–C) groups is 1. The van der Waals surface area contributed by atoms with E-state index in [1.807, 2.05) is 6.07 Å². The molecule has 0 aliphatic carbocycles. The summed E-state index contributed by atoms with van der Waals surface area (Å²) in [6.07, 6.45) is 7.15. The van der Waals surface area contributed by atoms with E-state index in [1.54, 1.807) is 0 Å². The molecule has 1 amide bonds. The first-order chi connectivity index (χ1) is 13.0. The molecular weight excluding hydrogens is 349 g/mol. The van der Waals surface area contributed by atoms with Gasteiger partial charge < -0.3 is 15.8 Å². The van der Waals surface area contributed by atoms with Crippen molar-refractivity contribution >= 4 is 17.6 Å². The van der Waals surface area contributed by atoms with Gasteiger partial charge in [0.1, 0.15) is 17.6 Å². The maximum absolute atomic E-state index is 14.5. The molecule has 3 N–H and O–H groups in total. The molecule has 0 saturated heterocycles. The number of pyridine rings is 1. The summed E-state index contributed by atoms with van der Waals surface area (Å²) < 4.78 is 19.5. The number of amidine groups is 1. The van der Waals surface area contributed by atoms with Gasteiger partial charge in [-0.25, -0.2) is 14.4 Å². The first-order valence-corrected chi connectivity index (χ1v) is 7.91. The maximum Gasteiger partial charge on any atom is 0.283 e. The molecule has 0 radical (unpaired) electrons. The Bertz CT molecular complexity index is 1000. The Hall–Kier alpha value is -3.91. The lowest BCUT2D eigenvalue weighted by Crippen LogP contribution is -2.35. The van der Waals surface area contributed by atoms with Crippen LogP contribution in [0.3, 0.4) is 0 Å². The maximum atomic E-state index is 14.5. The van der Waals surface area contributed by atoms with Crippen LogP contribution in [0.5, 0.6) is 0 Å². The zero-order valence-electron chi connectivity index (χ0n) is 14.1. The molecule has 0 spiro atoms. The van der Waals surface area contributed by atoms with Gasteiger partial charge in [-0.3, -0.25) is 4.79 Å². The van der Waals surface area contributed by atoms with Crippen LogP contribution in [0, 0.1) is 29.5 Å². The number of carbonyl (C=O) groups is 1. The van der Waals surface area contributed by atoms with Crippen molar-refractivity contribution in [2.24, 2.45) is 10.7 Å². The van der Waals surface area contributed by atoms with E-state index >= 15 is 0 Å². The number of carbonyl (C=O) groups excluding carboxylic acids is 1. The van der Waals surface area contributed by atoms with Crippen molar-refractivity contribution in [1.29, 1.82) is 5.26 Å². The molecule has 0 saturated carbocycles. The molecule has 7 nitrogen and oxygen atoms in total. The number of hydrogen-bond acceptors (Lipinski definition) is 6. The molecule has 1 aromatic heterocycles. The lowest BCUT2D eigenvalue weighted by molar-refractivity contribution is 0.102. The predicted octanol–water partition coefficient (Wildman–Crippen LogP) is 1.91. The summed E-state index contributed by atoms with van der Waals surface area (Å²) in [6, 6.07) is 8.71. The van der Waals surface area contributed by atoms with E-state index in [0.717, 1.165) is 0 Å². The zero-order valence-corrected chi connectivity index (χ0v) is 14.1. The van der Waals surface area contributed by atoms with Gasteiger partial charge in [-0.05, 0) is 30.3 Å². The highest BCUT2D eigenvalue weighted by atomic mass is 19.1. The Balaban J connectivity index is 1.91. The molecule has 2 heterocycles. The molecule has 2 aromatic rings. The van der Waals surface area contributed by atoms with Crippen molar-refractivity contribution in [1.82, 2.24) is 4.98 Å². The highest BCUT2D eigenvalue weighted by Crippen LogP contribution is 2.35. The first-order valence-electron chi connectivity index (χ1n) is 7.91. The Labute approximate surface area is 154 Å². The molecule has 0 unspecified atom stereocenters. The van der Waals surface area contributed by atoms with Gasteiger partial charge >= 0.3 is 0 Å². The minimum atomic E-state index is -1.31. The summed E-state index contributed by atoms with van der Waals surface area (Å²) in [5.74, 6) is 1.41. The topological polar surface area (TPSA) is 113 Å². The number of aromatic nitrogens is 1. The van der Waals surface area contributed by atoms with Crippen LogP contribution in [0.1, 0.15) is 28.0 Å². The summed E-state index contributed by atoms with van der Waals surface area (Å²) in [4.78, 5) is 20.4. The fraction of sp³-hybridized carbons (Fsp3) is 0.158. The molecule has 1 aromatic carbocycles. The van der Waals surface area contributed by atoms with Gasteiger partial charge in [0.2, 0.25) is 0 Å². The number of hydrogen-bond donors (Lipinski definition) is 2. The van der Waals surface area contributed by atoms with Gasteiger partial charge in [0, 0.05) is 23.9 Å². The van der Waals surface area contributed by atoms with E-state index in [-0.39, 0.29) is 30.3 Å².